The van der Waals surface area contributed by atoms with Crippen LogP contribution in [-0.2, 0) is 13.1 Å². The van der Waals surface area contributed by atoms with E-state index >= 15 is 0 Å². The van der Waals surface area contributed by atoms with Gasteiger partial charge in [-0.25, -0.2) is 0 Å². The molecule has 0 aliphatic carbocycles. The van der Waals surface area contributed by atoms with Gasteiger partial charge in [-0.05, 0) is 25.5 Å². The third-order valence-electron chi connectivity index (χ3n) is 1.99. The van der Waals surface area contributed by atoms with E-state index in [-0.39, 0.29) is 0 Å². The molecule has 1 N–H and O–H groups in total. The van der Waals surface area contributed by atoms with E-state index in [1.54, 1.807) is 0 Å². The summed E-state index contributed by atoms with van der Waals surface area (Å²) >= 11 is 0. The van der Waals surface area contributed by atoms with Crippen LogP contribution in [0, 0.1) is 5.92 Å². The summed E-state index contributed by atoms with van der Waals surface area (Å²) in [5, 5.41) is 7.51. The topological polar surface area (TPSA) is 29.9 Å². The zero-order valence-corrected chi connectivity index (χ0v) is 8.75. The summed E-state index contributed by atoms with van der Waals surface area (Å²) in [6.07, 6.45) is 3.25. The van der Waals surface area contributed by atoms with Gasteiger partial charge in [0.1, 0.15) is 0 Å². The van der Waals surface area contributed by atoms with E-state index in [1.807, 2.05) is 11.7 Å². The third kappa shape index (κ3) is 3.59. The van der Waals surface area contributed by atoms with Gasteiger partial charge in [-0.3, -0.25) is 4.68 Å². The fourth-order valence-electron chi connectivity index (χ4n) is 1.19. The fraction of sp³-hybridized carbons (Fsp3) is 0.700. The average molecular weight is 181 g/mol. The second kappa shape index (κ2) is 5.02. The number of nitrogens with one attached hydrogen (secondary N) is 1. The predicted octanol–water partition coefficient (Wildman–Crippen LogP) is 1.65. The van der Waals surface area contributed by atoms with Crippen molar-refractivity contribution in [3.8, 4) is 0 Å². The molecule has 0 aromatic carbocycles. The molecular weight excluding hydrogens is 162 g/mol. The molecule has 0 unspecified atom stereocenters. The van der Waals surface area contributed by atoms with Crippen molar-refractivity contribution >= 4 is 0 Å². The van der Waals surface area contributed by atoms with Crippen LogP contribution >= 0.6 is 0 Å². The highest BCUT2D eigenvalue weighted by molar-refractivity contribution is 4.97. The zero-order valence-electron chi connectivity index (χ0n) is 8.75. The summed E-state index contributed by atoms with van der Waals surface area (Å²) in [6.45, 7) is 6.35. The molecule has 13 heavy (non-hydrogen) atoms. The standard InChI is InChI=1S/C10H19N3/c1-9(2)4-6-13-7-5-10(12-13)8-11-3/h5,7,9,11H,4,6,8H2,1-3H3. The van der Waals surface area contributed by atoms with Gasteiger partial charge in [-0.2, -0.15) is 5.10 Å². The number of aryl methyl sites for hydroxylation is 1. The maximum absolute atomic E-state index is 4.43. The van der Waals surface area contributed by atoms with Crippen molar-refractivity contribution in [3.05, 3.63) is 18.0 Å². The Bertz CT molecular complexity index is 240. The Morgan fingerprint density at radius 3 is 2.92 bits per heavy atom. The smallest absolute Gasteiger partial charge is 0.0762 e. The van der Waals surface area contributed by atoms with E-state index in [0.717, 1.165) is 24.7 Å². The highest BCUT2D eigenvalue weighted by Gasteiger charge is 1.98. The molecule has 1 rings (SSSR count). The summed E-state index contributed by atoms with van der Waals surface area (Å²) < 4.78 is 2.02. The molecule has 0 bridgehead atoms. The minimum Gasteiger partial charge on any atom is -0.314 e. The highest BCUT2D eigenvalue weighted by atomic mass is 15.3. The number of nitrogens with zero attached hydrogens (tertiary/aromatic N) is 2. The van der Waals surface area contributed by atoms with Gasteiger partial charge in [0.05, 0.1) is 5.69 Å². The van der Waals surface area contributed by atoms with Gasteiger partial charge in [0, 0.05) is 19.3 Å². The molecule has 1 heterocycles. The molecule has 1 aromatic heterocycles. The molecule has 0 radical (unpaired) electrons. The van der Waals surface area contributed by atoms with Crippen LogP contribution in [0.4, 0.5) is 0 Å². The first-order chi connectivity index (χ1) is 6.22. The molecule has 3 heteroatoms. The van der Waals surface area contributed by atoms with E-state index in [2.05, 4.69) is 36.5 Å². The molecule has 0 atom stereocenters. The molecule has 3 nitrogen and oxygen atoms in total. The van der Waals surface area contributed by atoms with Crippen LogP contribution in [0.25, 0.3) is 0 Å². The van der Waals surface area contributed by atoms with Crippen LogP contribution in [-0.4, -0.2) is 16.8 Å². The molecule has 1 aromatic rings. The lowest BCUT2D eigenvalue weighted by molar-refractivity contribution is 0.483. The van der Waals surface area contributed by atoms with Crippen LogP contribution in [0.3, 0.4) is 0 Å². The van der Waals surface area contributed by atoms with E-state index in [0.29, 0.717) is 0 Å². The van der Waals surface area contributed by atoms with E-state index in [1.165, 1.54) is 6.42 Å². The third-order valence-corrected chi connectivity index (χ3v) is 1.99. The van der Waals surface area contributed by atoms with Crippen LogP contribution in [0.2, 0.25) is 0 Å². The van der Waals surface area contributed by atoms with E-state index in [4.69, 9.17) is 0 Å². The largest absolute Gasteiger partial charge is 0.314 e. The molecule has 0 amide bonds. The van der Waals surface area contributed by atoms with Crippen molar-refractivity contribution in [2.45, 2.75) is 33.4 Å². The molecule has 0 aliphatic heterocycles. The quantitative estimate of drug-likeness (QED) is 0.748. The Hall–Kier alpha value is -0.830. The first-order valence-electron chi connectivity index (χ1n) is 4.89. The lowest BCUT2D eigenvalue weighted by Gasteiger charge is -2.03. The molecule has 0 saturated heterocycles. The average Bonchev–Trinajstić information content (AvgIpc) is 2.50. The number of aromatic nitrogens is 2. The van der Waals surface area contributed by atoms with Gasteiger partial charge in [-0.1, -0.05) is 13.8 Å². The van der Waals surface area contributed by atoms with Gasteiger partial charge < -0.3 is 5.32 Å². The first-order valence-corrected chi connectivity index (χ1v) is 4.89. The Morgan fingerprint density at radius 2 is 2.31 bits per heavy atom. The minimum absolute atomic E-state index is 0.747. The molecular formula is C10H19N3. The first kappa shape index (κ1) is 10.3. The van der Waals surface area contributed by atoms with Crippen LogP contribution in [0.15, 0.2) is 12.3 Å². The van der Waals surface area contributed by atoms with Crippen LogP contribution < -0.4 is 5.32 Å². The highest BCUT2D eigenvalue weighted by Crippen LogP contribution is 2.02. The maximum Gasteiger partial charge on any atom is 0.0762 e. The molecule has 0 aliphatic rings. The van der Waals surface area contributed by atoms with Crippen molar-refractivity contribution in [2.75, 3.05) is 7.05 Å². The Morgan fingerprint density at radius 1 is 1.54 bits per heavy atom. The SMILES string of the molecule is CNCc1ccn(CCC(C)C)n1. The Balaban J connectivity index is 2.39. The minimum atomic E-state index is 0.747. The zero-order chi connectivity index (χ0) is 9.68. The predicted molar refractivity (Wildman–Crippen MR) is 54.4 cm³/mol. The van der Waals surface area contributed by atoms with Crippen molar-refractivity contribution in [2.24, 2.45) is 5.92 Å². The van der Waals surface area contributed by atoms with Crippen molar-refractivity contribution in [3.63, 3.8) is 0 Å². The summed E-state index contributed by atoms with van der Waals surface area (Å²) in [7, 11) is 1.94. The maximum atomic E-state index is 4.43. The van der Waals surface area contributed by atoms with E-state index in [9.17, 15) is 0 Å². The Kier molecular flexibility index (Phi) is 3.96. The van der Waals surface area contributed by atoms with Crippen LogP contribution in [0.5, 0.6) is 0 Å². The van der Waals surface area contributed by atoms with Gasteiger partial charge in [0.2, 0.25) is 0 Å². The van der Waals surface area contributed by atoms with Gasteiger partial charge in [0.25, 0.3) is 0 Å². The lowest BCUT2D eigenvalue weighted by atomic mass is 10.1. The summed E-state index contributed by atoms with van der Waals surface area (Å²) in [5.74, 6) is 0.747. The van der Waals surface area contributed by atoms with Gasteiger partial charge in [-0.15, -0.1) is 0 Å². The molecule has 0 spiro atoms. The van der Waals surface area contributed by atoms with E-state index < -0.39 is 0 Å². The second-order valence-electron chi connectivity index (χ2n) is 3.78. The summed E-state index contributed by atoms with van der Waals surface area (Å²) in [5.41, 5.74) is 1.12. The lowest BCUT2D eigenvalue weighted by Crippen LogP contribution is -2.07. The fourth-order valence-corrected chi connectivity index (χ4v) is 1.19. The number of hydrogen-bond acceptors (Lipinski definition) is 2. The van der Waals surface area contributed by atoms with Gasteiger partial charge in [0.15, 0.2) is 0 Å². The summed E-state index contributed by atoms with van der Waals surface area (Å²) in [6, 6.07) is 2.07. The number of rotatable bonds is 5. The Labute approximate surface area is 80.1 Å². The van der Waals surface area contributed by atoms with Crippen molar-refractivity contribution < 1.29 is 0 Å². The van der Waals surface area contributed by atoms with Crippen LogP contribution in [0.1, 0.15) is 26.0 Å². The molecule has 74 valence electrons. The second-order valence-corrected chi connectivity index (χ2v) is 3.78. The van der Waals surface area contributed by atoms with Crippen molar-refractivity contribution in [1.82, 2.24) is 15.1 Å². The normalized spacial score (nSPS) is 11.1. The molecule has 0 saturated carbocycles. The number of hydrogen-bond donors (Lipinski definition) is 1. The molecule has 0 fully saturated rings. The monoisotopic (exact) mass is 181 g/mol. The van der Waals surface area contributed by atoms with Crippen molar-refractivity contribution in [1.29, 1.82) is 0 Å². The summed E-state index contributed by atoms with van der Waals surface area (Å²) in [4.78, 5) is 0. The van der Waals surface area contributed by atoms with Gasteiger partial charge >= 0.3 is 0 Å².